The quantitative estimate of drug-likeness (QED) is 0.672. The first-order valence-electron chi connectivity index (χ1n) is 4.04. The Morgan fingerprint density at radius 1 is 0.714 bits per heavy atom. The lowest BCUT2D eigenvalue weighted by molar-refractivity contribution is 1.50. The van der Waals surface area contributed by atoms with Crippen molar-refractivity contribution in [3.05, 3.63) is 46.2 Å². The molecule has 0 aliphatic rings. The van der Waals surface area contributed by atoms with Gasteiger partial charge >= 0.3 is 0 Å². The zero-order valence-corrected chi connectivity index (χ0v) is 7.18. The third-order valence-electron chi connectivity index (χ3n) is 2.02. The van der Waals surface area contributed by atoms with E-state index in [1.54, 1.807) is 36.4 Å². The summed E-state index contributed by atoms with van der Waals surface area (Å²) in [7, 11) is 0. The Morgan fingerprint density at radius 3 is 1.50 bits per heavy atom. The van der Waals surface area contributed by atoms with E-state index in [1.807, 2.05) is 0 Å². The van der Waals surface area contributed by atoms with Gasteiger partial charge in [0.25, 0.3) is 0 Å². The molecule has 0 aromatic heterocycles. The minimum Gasteiger partial charge on any atom is -0.145 e. The van der Waals surface area contributed by atoms with Gasteiger partial charge in [-0.25, -0.2) is 0 Å². The number of hydrogen-bond acceptors (Lipinski definition) is 4. The predicted molar refractivity (Wildman–Crippen MR) is 54.9 cm³/mol. The Bertz CT molecular complexity index is 461. The molecule has 0 spiro atoms. The van der Waals surface area contributed by atoms with Crippen molar-refractivity contribution >= 4 is 22.1 Å². The summed E-state index contributed by atoms with van der Waals surface area (Å²) in [6.45, 7) is 0. The maximum atomic E-state index is 10.3. The second-order valence-electron chi connectivity index (χ2n) is 2.90. The van der Waals surface area contributed by atoms with Gasteiger partial charge < -0.3 is 0 Å². The highest BCUT2D eigenvalue weighted by atomic mass is 16.3. The molecule has 14 heavy (non-hydrogen) atoms. The number of rotatable bonds is 2. The Balaban J connectivity index is 2.68. The summed E-state index contributed by atoms with van der Waals surface area (Å²) in [5, 5.41) is 7.40. The molecule has 0 aliphatic heterocycles. The fourth-order valence-electron chi connectivity index (χ4n) is 1.33. The van der Waals surface area contributed by atoms with E-state index in [0.29, 0.717) is 11.4 Å². The maximum Gasteiger partial charge on any atom is 0.108 e. The van der Waals surface area contributed by atoms with Crippen molar-refractivity contribution in [3.8, 4) is 0 Å². The Kier molecular flexibility index (Phi) is 2.02. The van der Waals surface area contributed by atoms with Crippen molar-refractivity contribution in [3.63, 3.8) is 0 Å². The molecule has 0 amide bonds. The summed E-state index contributed by atoms with van der Waals surface area (Å²) in [6.07, 6.45) is 0. The van der Waals surface area contributed by atoms with Crippen molar-refractivity contribution in [2.75, 3.05) is 0 Å². The largest absolute Gasteiger partial charge is 0.145 e. The van der Waals surface area contributed by atoms with Crippen LogP contribution in [-0.2, 0) is 0 Å². The van der Waals surface area contributed by atoms with E-state index in [0.717, 1.165) is 10.8 Å². The average Bonchev–Trinajstić information content (AvgIpc) is 2.27. The van der Waals surface area contributed by atoms with Crippen molar-refractivity contribution in [2.45, 2.75) is 0 Å². The third kappa shape index (κ3) is 1.37. The maximum absolute atomic E-state index is 10.3. The first kappa shape index (κ1) is 8.50. The molecule has 2 aromatic rings. The van der Waals surface area contributed by atoms with Gasteiger partial charge in [0.05, 0.1) is 0 Å². The highest BCUT2D eigenvalue weighted by molar-refractivity contribution is 5.87. The molecule has 4 nitrogen and oxygen atoms in total. The van der Waals surface area contributed by atoms with Gasteiger partial charge in [-0.05, 0) is 45.4 Å². The zero-order chi connectivity index (χ0) is 9.97. The van der Waals surface area contributed by atoms with E-state index in [9.17, 15) is 9.81 Å². The van der Waals surface area contributed by atoms with Gasteiger partial charge in [0.15, 0.2) is 0 Å². The van der Waals surface area contributed by atoms with Crippen LogP contribution in [0.15, 0.2) is 46.8 Å². The number of hydrogen-bond donors (Lipinski definition) is 0. The summed E-state index contributed by atoms with van der Waals surface area (Å²) in [6, 6.07) is 10.0. The fraction of sp³-hybridized carbons (Fsp3) is 0. The van der Waals surface area contributed by atoms with Crippen LogP contribution in [-0.4, -0.2) is 0 Å². The van der Waals surface area contributed by atoms with E-state index < -0.39 is 0 Å². The third-order valence-corrected chi connectivity index (χ3v) is 2.02. The molecule has 4 heteroatoms. The van der Waals surface area contributed by atoms with Gasteiger partial charge in [0.2, 0.25) is 0 Å². The van der Waals surface area contributed by atoms with E-state index in [2.05, 4.69) is 10.4 Å². The molecule has 0 unspecified atom stereocenters. The molecule has 0 saturated heterocycles. The average molecular weight is 186 g/mol. The highest BCUT2D eigenvalue weighted by Crippen LogP contribution is 2.24. The van der Waals surface area contributed by atoms with Crippen LogP contribution in [0.3, 0.4) is 0 Å². The summed E-state index contributed by atoms with van der Waals surface area (Å²) >= 11 is 0. The van der Waals surface area contributed by atoms with Crippen molar-refractivity contribution in [1.29, 1.82) is 0 Å². The van der Waals surface area contributed by atoms with E-state index in [-0.39, 0.29) is 0 Å². The van der Waals surface area contributed by atoms with E-state index in [4.69, 9.17) is 0 Å². The lowest BCUT2D eigenvalue weighted by atomic mass is 10.1. The molecular formula is C10H6N2O2. The SMILES string of the molecule is O=Nc1ccc2cc(N=O)ccc2c1. The lowest BCUT2D eigenvalue weighted by Crippen LogP contribution is -1.71. The Labute approximate surface area is 79.5 Å². The minimum absolute atomic E-state index is 0.379. The standard InChI is InChI=1S/C10H6N2O2/c13-11-9-3-1-7-5-10(12-14)4-2-8(7)6-9/h1-6H. The number of nitrogens with zero attached hydrogens (tertiary/aromatic N) is 2. The van der Waals surface area contributed by atoms with E-state index in [1.165, 1.54) is 0 Å². The molecule has 2 rings (SSSR count). The smallest absolute Gasteiger partial charge is 0.108 e. The van der Waals surface area contributed by atoms with Crippen molar-refractivity contribution in [1.82, 2.24) is 0 Å². The van der Waals surface area contributed by atoms with Crippen LogP contribution in [0.4, 0.5) is 11.4 Å². The number of fused-ring (bicyclic) bond motifs is 1. The molecule has 0 saturated carbocycles. The Hall–Kier alpha value is -2.10. The first-order chi connectivity index (χ1) is 6.83. The van der Waals surface area contributed by atoms with Crippen LogP contribution in [0, 0.1) is 9.81 Å². The first-order valence-corrected chi connectivity index (χ1v) is 4.04. The molecule has 2 aromatic carbocycles. The van der Waals surface area contributed by atoms with Gasteiger partial charge in [0.1, 0.15) is 11.4 Å². The van der Waals surface area contributed by atoms with Crippen LogP contribution < -0.4 is 0 Å². The number of nitroso groups, excluding NO2 is 2. The van der Waals surface area contributed by atoms with Crippen LogP contribution in [0.25, 0.3) is 10.8 Å². The predicted octanol–water partition coefficient (Wildman–Crippen LogP) is 3.64. The van der Waals surface area contributed by atoms with E-state index >= 15 is 0 Å². The van der Waals surface area contributed by atoms with Gasteiger partial charge in [-0.2, -0.15) is 0 Å². The molecule has 0 N–H and O–H groups in total. The molecule has 0 aliphatic carbocycles. The highest BCUT2D eigenvalue weighted by Gasteiger charge is 1.98. The summed E-state index contributed by atoms with van der Waals surface area (Å²) in [4.78, 5) is 20.5. The van der Waals surface area contributed by atoms with Crippen LogP contribution in [0.2, 0.25) is 0 Å². The normalized spacial score (nSPS) is 10.0. The fourth-order valence-corrected chi connectivity index (χ4v) is 1.33. The van der Waals surface area contributed by atoms with Gasteiger partial charge in [-0.3, -0.25) is 0 Å². The second kappa shape index (κ2) is 3.33. The van der Waals surface area contributed by atoms with Crippen molar-refractivity contribution < 1.29 is 0 Å². The number of benzene rings is 2. The van der Waals surface area contributed by atoms with Gasteiger partial charge in [-0.1, -0.05) is 12.1 Å². The zero-order valence-electron chi connectivity index (χ0n) is 7.18. The van der Waals surface area contributed by atoms with Gasteiger partial charge in [0, 0.05) is 0 Å². The lowest BCUT2D eigenvalue weighted by Gasteiger charge is -1.97. The molecule has 0 atom stereocenters. The van der Waals surface area contributed by atoms with Crippen molar-refractivity contribution in [2.24, 2.45) is 10.4 Å². The molecule has 68 valence electrons. The molecular weight excluding hydrogens is 180 g/mol. The van der Waals surface area contributed by atoms with Crippen LogP contribution >= 0.6 is 0 Å². The molecule has 0 fully saturated rings. The molecule has 0 radical (unpaired) electrons. The minimum atomic E-state index is 0.379. The van der Waals surface area contributed by atoms with Gasteiger partial charge in [-0.15, -0.1) is 9.81 Å². The van der Waals surface area contributed by atoms with Crippen LogP contribution in [0.5, 0.6) is 0 Å². The second-order valence-corrected chi connectivity index (χ2v) is 2.90. The topological polar surface area (TPSA) is 58.9 Å². The summed E-state index contributed by atoms with van der Waals surface area (Å²) in [5.41, 5.74) is 0.758. The molecule has 0 bridgehead atoms. The van der Waals surface area contributed by atoms with Crippen LogP contribution in [0.1, 0.15) is 0 Å². The summed E-state index contributed by atoms with van der Waals surface area (Å²) < 4.78 is 0. The molecule has 0 heterocycles. The summed E-state index contributed by atoms with van der Waals surface area (Å²) in [5.74, 6) is 0. The Morgan fingerprint density at radius 2 is 1.14 bits per heavy atom. The monoisotopic (exact) mass is 186 g/mol.